The highest BCUT2D eigenvalue weighted by Gasteiger charge is 2.27. The highest BCUT2D eigenvalue weighted by atomic mass is 16.3. The Morgan fingerprint density at radius 3 is 1.31 bits per heavy atom. The number of aryl methyl sites for hydroxylation is 2. The second-order valence-electron chi connectivity index (χ2n) is 10.2. The third-order valence-electron chi connectivity index (χ3n) is 7.87. The molecule has 0 radical (unpaired) electrons. The van der Waals surface area contributed by atoms with Gasteiger partial charge in [0.2, 0.25) is 0 Å². The van der Waals surface area contributed by atoms with Crippen LogP contribution >= 0.6 is 0 Å². The summed E-state index contributed by atoms with van der Waals surface area (Å²) < 4.78 is 3.37. The maximum Gasteiger partial charge on any atom is 0.279 e. The van der Waals surface area contributed by atoms with Gasteiger partial charge in [-0.05, 0) is 24.3 Å². The van der Waals surface area contributed by atoms with Gasteiger partial charge in [-0.3, -0.25) is 9.59 Å². The molecule has 2 amide bonds. The molecular formula is C34H24N4O4. The van der Waals surface area contributed by atoms with E-state index in [1.807, 2.05) is 97.1 Å². The summed E-state index contributed by atoms with van der Waals surface area (Å²) >= 11 is 0. The number of para-hydroxylation sites is 4. The minimum absolute atomic E-state index is 0.0893. The molecule has 0 bridgehead atoms. The number of fused-ring (bicyclic) bond motifs is 4. The van der Waals surface area contributed by atoms with E-state index in [1.54, 1.807) is 23.2 Å². The summed E-state index contributed by atoms with van der Waals surface area (Å²) in [7, 11) is 3.56. The van der Waals surface area contributed by atoms with Gasteiger partial charge in [-0.1, -0.05) is 72.8 Å². The predicted molar refractivity (Wildman–Crippen MR) is 159 cm³/mol. The summed E-state index contributed by atoms with van der Waals surface area (Å²) in [5, 5.41) is 25.5. The number of benzene rings is 4. The topological polar surface area (TPSA) is 109 Å². The Hall–Kier alpha value is -5.76. The maximum absolute atomic E-state index is 12.3. The zero-order valence-electron chi connectivity index (χ0n) is 22.7. The number of amides is 2. The fourth-order valence-corrected chi connectivity index (χ4v) is 5.86. The van der Waals surface area contributed by atoms with Crippen molar-refractivity contribution in [3.63, 3.8) is 0 Å². The van der Waals surface area contributed by atoms with E-state index in [2.05, 4.69) is 9.98 Å². The van der Waals surface area contributed by atoms with Crippen molar-refractivity contribution >= 4 is 44.8 Å². The first kappa shape index (κ1) is 25.2. The van der Waals surface area contributed by atoms with Gasteiger partial charge in [-0.25, -0.2) is 9.98 Å². The van der Waals surface area contributed by atoms with Crippen LogP contribution in [-0.2, 0) is 23.7 Å². The van der Waals surface area contributed by atoms with Gasteiger partial charge in [0.05, 0.1) is 44.0 Å². The van der Waals surface area contributed by atoms with Crippen molar-refractivity contribution in [2.45, 2.75) is 0 Å². The molecule has 4 heterocycles. The number of hydrogen-bond acceptors (Lipinski definition) is 4. The molecule has 0 fully saturated rings. The van der Waals surface area contributed by atoms with E-state index in [9.17, 15) is 19.8 Å². The molecule has 204 valence electrons. The van der Waals surface area contributed by atoms with Crippen molar-refractivity contribution in [3.8, 4) is 11.8 Å². The number of rotatable bonds is 2. The van der Waals surface area contributed by atoms with Crippen LogP contribution < -0.4 is 21.2 Å². The largest absolute Gasteiger partial charge is 0.494 e. The third-order valence-corrected chi connectivity index (χ3v) is 7.87. The molecular weight excluding hydrogens is 528 g/mol. The summed E-state index contributed by atoms with van der Waals surface area (Å²) in [6.45, 7) is 0. The number of carbonyl (C=O) groups excluding carboxylic acids is 2. The SMILES string of the molecule is Cn1c(O)c(C2=c3ccccc3=NC2=O)c2ccccc21.Cn1c(O)c(C2=c3ccccc3=NC2=O)c2ccccc21. The van der Waals surface area contributed by atoms with E-state index in [0.29, 0.717) is 33.0 Å². The van der Waals surface area contributed by atoms with Crippen LogP contribution in [-0.4, -0.2) is 31.2 Å². The summed E-state index contributed by atoms with van der Waals surface area (Å²) in [6, 6.07) is 30.0. The first-order valence-corrected chi connectivity index (χ1v) is 13.3. The van der Waals surface area contributed by atoms with Crippen LogP contribution in [0.2, 0.25) is 0 Å². The number of hydrogen-bond donors (Lipinski definition) is 2. The lowest BCUT2D eigenvalue weighted by Crippen LogP contribution is -2.22. The van der Waals surface area contributed by atoms with Gasteiger partial charge in [-0.15, -0.1) is 0 Å². The van der Waals surface area contributed by atoms with Crippen LogP contribution in [0.1, 0.15) is 11.1 Å². The van der Waals surface area contributed by atoms with Crippen molar-refractivity contribution in [2.24, 2.45) is 24.1 Å². The van der Waals surface area contributed by atoms with E-state index in [-0.39, 0.29) is 23.6 Å². The summed E-state index contributed by atoms with van der Waals surface area (Å²) in [5.41, 5.74) is 3.84. The quantitative estimate of drug-likeness (QED) is 0.344. The van der Waals surface area contributed by atoms with Gasteiger partial charge in [0.15, 0.2) is 11.8 Å². The van der Waals surface area contributed by atoms with Crippen molar-refractivity contribution in [3.05, 3.63) is 129 Å². The maximum atomic E-state index is 12.3. The lowest BCUT2D eigenvalue weighted by Gasteiger charge is -2.00. The molecule has 2 aliphatic rings. The number of aromatic hydroxyl groups is 2. The van der Waals surface area contributed by atoms with E-state index in [1.165, 1.54) is 0 Å². The molecule has 8 rings (SSSR count). The normalized spacial score (nSPS) is 13.6. The zero-order valence-corrected chi connectivity index (χ0v) is 22.7. The molecule has 4 aromatic carbocycles. The van der Waals surface area contributed by atoms with Gasteiger partial charge < -0.3 is 19.3 Å². The van der Waals surface area contributed by atoms with Gasteiger partial charge in [0.25, 0.3) is 11.8 Å². The van der Waals surface area contributed by atoms with Gasteiger partial charge in [0.1, 0.15) is 0 Å². The van der Waals surface area contributed by atoms with Crippen LogP contribution in [0.4, 0.5) is 0 Å². The number of nitrogens with zero attached hydrogens (tertiary/aromatic N) is 4. The van der Waals surface area contributed by atoms with E-state index in [0.717, 1.165) is 32.2 Å². The standard InChI is InChI=1S/2C17H12N2O2/c2*1-19-13-9-5-3-7-11(13)15(17(19)21)14-10-6-2-4-8-12(10)18-16(14)20/h2*2-9,21H,1H3. The molecule has 2 aliphatic heterocycles. The average Bonchev–Trinajstić information content (AvgIpc) is 3.67. The molecule has 0 saturated heterocycles. The fourth-order valence-electron chi connectivity index (χ4n) is 5.86. The molecule has 2 N–H and O–H groups in total. The first-order chi connectivity index (χ1) is 20.4. The molecule has 0 unspecified atom stereocenters. The number of carbonyl (C=O) groups is 2. The Balaban J connectivity index is 0.000000137. The Bertz CT molecular complexity index is 2230. The Labute approximate surface area is 238 Å². The minimum Gasteiger partial charge on any atom is -0.494 e. The monoisotopic (exact) mass is 552 g/mol. The molecule has 8 nitrogen and oxygen atoms in total. The van der Waals surface area contributed by atoms with Crippen LogP contribution in [0.3, 0.4) is 0 Å². The summed E-state index contributed by atoms with van der Waals surface area (Å²) in [4.78, 5) is 32.8. The van der Waals surface area contributed by atoms with Gasteiger partial charge in [0, 0.05) is 35.3 Å². The lowest BCUT2D eigenvalue weighted by atomic mass is 10.0. The molecule has 0 aliphatic carbocycles. The summed E-state index contributed by atoms with van der Waals surface area (Å²) in [5.74, 6) is -0.427. The van der Waals surface area contributed by atoms with Crippen molar-refractivity contribution in [2.75, 3.05) is 0 Å². The zero-order chi connectivity index (χ0) is 29.1. The van der Waals surface area contributed by atoms with E-state index < -0.39 is 0 Å². The first-order valence-electron chi connectivity index (χ1n) is 13.3. The summed E-state index contributed by atoms with van der Waals surface area (Å²) in [6.07, 6.45) is 0. The highest BCUT2D eigenvalue weighted by molar-refractivity contribution is 6.25. The molecule has 2 aromatic heterocycles. The van der Waals surface area contributed by atoms with Crippen molar-refractivity contribution in [1.29, 1.82) is 0 Å². The number of aromatic nitrogens is 2. The fraction of sp³-hybridized carbons (Fsp3) is 0.0588. The van der Waals surface area contributed by atoms with E-state index in [4.69, 9.17) is 0 Å². The smallest absolute Gasteiger partial charge is 0.279 e. The molecule has 8 heteroatoms. The van der Waals surface area contributed by atoms with Crippen LogP contribution in [0, 0.1) is 0 Å². The van der Waals surface area contributed by atoms with Crippen molar-refractivity contribution in [1.82, 2.24) is 9.13 Å². The predicted octanol–water partition coefficient (Wildman–Crippen LogP) is 2.49. The average molecular weight is 553 g/mol. The van der Waals surface area contributed by atoms with Gasteiger partial charge in [-0.2, -0.15) is 0 Å². The van der Waals surface area contributed by atoms with Crippen LogP contribution in [0.25, 0.3) is 33.0 Å². The van der Waals surface area contributed by atoms with Crippen molar-refractivity contribution < 1.29 is 19.8 Å². The Morgan fingerprint density at radius 2 is 0.881 bits per heavy atom. The van der Waals surface area contributed by atoms with Gasteiger partial charge >= 0.3 is 0 Å². The molecule has 42 heavy (non-hydrogen) atoms. The minimum atomic E-state index is -0.303. The molecule has 6 aromatic rings. The molecule has 0 saturated carbocycles. The lowest BCUT2D eigenvalue weighted by molar-refractivity contribution is -0.113. The Kier molecular flexibility index (Phi) is 5.65. The van der Waals surface area contributed by atoms with E-state index >= 15 is 0 Å². The second-order valence-corrected chi connectivity index (χ2v) is 10.2. The Morgan fingerprint density at radius 1 is 0.524 bits per heavy atom. The van der Waals surface area contributed by atoms with Crippen LogP contribution in [0.15, 0.2) is 107 Å². The van der Waals surface area contributed by atoms with Crippen LogP contribution in [0.5, 0.6) is 11.8 Å². The second kappa shape index (κ2) is 9.42. The molecule has 0 spiro atoms. The molecule has 0 atom stereocenters. The highest BCUT2D eigenvalue weighted by Crippen LogP contribution is 2.36. The third kappa shape index (κ3) is 3.62.